The van der Waals surface area contributed by atoms with Gasteiger partial charge in [-0.15, -0.1) is 0 Å². The Balaban J connectivity index is 1.54. The van der Waals surface area contributed by atoms with E-state index in [-0.39, 0.29) is 30.3 Å². The summed E-state index contributed by atoms with van der Waals surface area (Å²) in [4.78, 5) is 27.1. The summed E-state index contributed by atoms with van der Waals surface area (Å²) in [5.74, 6) is -0.251. The molecule has 0 spiro atoms. The van der Waals surface area contributed by atoms with Crippen molar-refractivity contribution in [1.29, 1.82) is 0 Å². The van der Waals surface area contributed by atoms with E-state index >= 15 is 0 Å². The van der Waals surface area contributed by atoms with Gasteiger partial charge in [0, 0.05) is 29.6 Å². The summed E-state index contributed by atoms with van der Waals surface area (Å²) in [6, 6.07) is 16.6. The van der Waals surface area contributed by atoms with Crippen LogP contribution in [0.4, 0.5) is 0 Å². The van der Waals surface area contributed by atoms with Crippen molar-refractivity contribution in [2.45, 2.75) is 38.3 Å². The lowest BCUT2D eigenvalue weighted by molar-refractivity contribution is -0.121. The third-order valence-corrected chi connectivity index (χ3v) is 5.59. The van der Waals surface area contributed by atoms with Crippen molar-refractivity contribution in [1.82, 2.24) is 15.5 Å². The monoisotopic (exact) mass is 413 g/mol. The maximum absolute atomic E-state index is 12.5. The van der Waals surface area contributed by atoms with Crippen LogP contribution in [0.3, 0.4) is 0 Å². The number of likely N-dealkylation sites (tertiary alicyclic amines) is 1. The molecule has 3 rings (SSSR count). The minimum Gasteiger partial charge on any atom is -0.354 e. The lowest BCUT2D eigenvalue weighted by Gasteiger charge is -2.29. The van der Waals surface area contributed by atoms with Gasteiger partial charge in [-0.2, -0.15) is 0 Å². The number of hydrogen-bond donors (Lipinski definition) is 2. The van der Waals surface area contributed by atoms with E-state index in [0.717, 1.165) is 36.5 Å². The first kappa shape index (κ1) is 21.3. The number of amides is 2. The third kappa shape index (κ3) is 6.05. The number of nitrogens with one attached hydrogen (secondary N) is 2. The Labute approximate surface area is 177 Å². The highest BCUT2D eigenvalue weighted by atomic mass is 35.5. The number of halogens is 1. The minimum atomic E-state index is -0.256. The van der Waals surface area contributed by atoms with Crippen molar-refractivity contribution in [2.75, 3.05) is 19.6 Å². The van der Waals surface area contributed by atoms with Crippen LogP contribution in [0.2, 0.25) is 5.02 Å². The molecule has 1 saturated heterocycles. The molecule has 2 atom stereocenters. The van der Waals surface area contributed by atoms with Gasteiger partial charge in [0.1, 0.15) is 0 Å². The molecule has 1 aliphatic heterocycles. The molecule has 1 aliphatic rings. The van der Waals surface area contributed by atoms with Gasteiger partial charge in [0.25, 0.3) is 5.91 Å². The van der Waals surface area contributed by atoms with Gasteiger partial charge in [0.15, 0.2) is 0 Å². The summed E-state index contributed by atoms with van der Waals surface area (Å²) in [5.41, 5.74) is 1.63. The number of hydrogen-bond acceptors (Lipinski definition) is 3. The first-order valence-electron chi connectivity index (χ1n) is 10.2. The van der Waals surface area contributed by atoms with Gasteiger partial charge < -0.3 is 10.6 Å². The SMILES string of the molecule is C[C@@H](CC(=O)NC[C@H](c1ccccc1Cl)N1CCCC1)NC(=O)c1ccccc1. The molecule has 5 nitrogen and oxygen atoms in total. The Bertz CT molecular complexity index is 822. The van der Waals surface area contributed by atoms with Crippen LogP contribution >= 0.6 is 11.6 Å². The number of nitrogens with zero attached hydrogens (tertiary/aromatic N) is 1. The van der Waals surface area contributed by atoms with Crippen LogP contribution in [0.1, 0.15) is 48.1 Å². The molecule has 0 bridgehead atoms. The molecular weight excluding hydrogens is 386 g/mol. The standard InChI is InChI=1S/C23H28ClN3O2/c1-17(26-23(29)18-9-3-2-4-10-18)15-22(28)25-16-21(27-13-7-8-14-27)19-11-5-6-12-20(19)24/h2-6,9-12,17,21H,7-8,13-16H2,1H3,(H,25,28)(H,26,29)/t17-,21+/m0/s1. The Morgan fingerprint density at radius 1 is 1.03 bits per heavy atom. The van der Waals surface area contributed by atoms with Crippen LogP contribution in [0, 0.1) is 0 Å². The van der Waals surface area contributed by atoms with Crippen LogP contribution in [0.5, 0.6) is 0 Å². The molecule has 1 fully saturated rings. The molecule has 0 aliphatic carbocycles. The Morgan fingerprint density at radius 3 is 2.38 bits per heavy atom. The van der Waals surface area contributed by atoms with Crippen molar-refractivity contribution in [3.63, 3.8) is 0 Å². The first-order valence-corrected chi connectivity index (χ1v) is 10.5. The molecule has 6 heteroatoms. The van der Waals surface area contributed by atoms with Crippen LogP contribution in [-0.2, 0) is 4.79 Å². The summed E-state index contributed by atoms with van der Waals surface area (Å²) in [6.07, 6.45) is 2.56. The van der Waals surface area contributed by atoms with E-state index in [1.807, 2.05) is 49.4 Å². The third-order valence-electron chi connectivity index (χ3n) is 5.24. The molecular formula is C23H28ClN3O2. The van der Waals surface area contributed by atoms with Crippen LogP contribution in [0.15, 0.2) is 54.6 Å². The van der Waals surface area contributed by atoms with E-state index in [2.05, 4.69) is 15.5 Å². The zero-order valence-corrected chi connectivity index (χ0v) is 17.5. The average Bonchev–Trinajstić information content (AvgIpc) is 3.24. The fourth-order valence-electron chi connectivity index (χ4n) is 3.74. The maximum atomic E-state index is 12.5. The van der Waals surface area contributed by atoms with E-state index in [4.69, 9.17) is 11.6 Å². The van der Waals surface area contributed by atoms with Gasteiger partial charge in [0.2, 0.25) is 5.91 Å². The van der Waals surface area contributed by atoms with Crippen molar-refractivity contribution < 1.29 is 9.59 Å². The Kier molecular flexibility index (Phi) is 7.67. The number of carbonyl (C=O) groups excluding carboxylic acids is 2. The number of carbonyl (C=O) groups is 2. The summed E-state index contributed by atoms with van der Waals surface area (Å²) in [5, 5.41) is 6.64. The number of rotatable bonds is 8. The molecule has 2 N–H and O–H groups in total. The zero-order valence-electron chi connectivity index (χ0n) is 16.7. The minimum absolute atomic E-state index is 0.0596. The maximum Gasteiger partial charge on any atom is 0.251 e. The van der Waals surface area contributed by atoms with Crippen molar-refractivity contribution in [2.24, 2.45) is 0 Å². The Hall–Kier alpha value is -2.37. The smallest absolute Gasteiger partial charge is 0.251 e. The second-order valence-electron chi connectivity index (χ2n) is 7.53. The van der Waals surface area contributed by atoms with E-state index in [0.29, 0.717) is 12.1 Å². The van der Waals surface area contributed by atoms with Crippen LogP contribution < -0.4 is 10.6 Å². The molecule has 1 heterocycles. The molecule has 2 aromatic rings. The highest BCUT2D eigenvalue weighted by Gasteiger charge is 2.25. The van der Waals surface area contributed by atoms with Crippen LogP contribution in [-0.4, -0.2) is 42.4 Å². The predicted octanol–water partition coefficient (Wildman–Crippen LogP) is 3.80. The second kappa shape index (κ2) is 10.4. The highest BCUT2D eigenvalue weighted by molar-refractivity contribution is 6.31. The number of benzene rings is 2. The molecule has 154 valence electrons. The Morgan fingerprint density at radius 2 is 1.69 bits per heavy atom. The molecule has 0 radical (unpaired) electrons. The quantitative estimate of drug-likeness (QED) is 0.691. The second-order valence-corrected chi connectivity index (χ2v) is 7.94. The van der Waals surface area contributed by atoms with E-state index in [9.17, 15) is 9.59 Å². The molecule has 29 heavy (non-hydrogen) atoms. The van der Waals surface area contributed by atoms with Gasteiger partial charge >= 0.3 is 0 Å². The van der Waals surface area contributed by atoms with Gasteiger partial charge in [-0.25, -0.2) is 0 Å². The van der Waals surface area contributed by atoms with E-state index < -0.39 is 0 Å². The summed E-state index contributed by atoms with van der Waals surface area (Å²) < 4.78 is 0. The normalized spacial score (nSPS) is 16.2. The van der Waals surface area contributed by atoms with Gasteiger partial charge in [0.05, 0.1) is 6.04 Å². The average molecular weight is 414 g/mol. The largest absolute Gasteiger partial charge is 0.354 e. The fraction of sp³-hybridized carbons (Fsp3) is 0.391. The molecule has 0 aromatic heterocycles. The van der Waals surface area contributed by atoms with E-state index in [1.54, 1.807) is 12.1 Å². The van der Waals surface area contributed by atoms with E-state index in [1.165, 1.54) is 0 Å². The predicted molar refractivity (Wildman–Crippen MR) is 116 cm³/mol. The topological polar surface area (TPSA) is 61.4 Å². The van der Waals surface area contributed by atoms with Crippen molar-refractivity contribution in [3.05, 3.63) is 70.7 Å². The summed E-state index contributed by atoms with van der Waals surface area (Å²) >= 11 is 6.43. The fourth-order valence-corrected chi connectivity index (χ4v) is 4.00. The molecule has 0 unspecified atom stereocenters. The van der Waals surface area contributed by atoms with Gasteiger partial charge in [-0.05, 0) is 56.6 Å². The van der Waals surface area contributed by atoms with Gasteiger partial charge in [-0.1, -0.05) is 48.0 Å². The lowest BCUT2D eigenvalue weighted by Crippen LogP contribution is -2.40. The van der Waals surface area contributed by atoms with Gasteiger partial charge in [-0.3, -0.25) is 14.5 Å². The molecule has 2 aromatic carbocycles. The van der Waals surface area contributed by atoms with Crippen molar-refractivity contribution in [3.8, 4) is 0 Å². The summed E-state index contributed by atoms with van der Waals surface area (Å²) in [6.45, 7) is 4.36. The lowest BCUT2D eigenvalue weighted by atomic mass is 10.1. The van der Waals surface area contributed by atoms with Crippen LogP contribution in [0.25, 0.3) is 0 Å². The molecule has 0 saturated carbocycles. The van der Waals surface area contributed by atoms with Crippen molar-refractivity contribution >= 4 is 23.4 Å². The highest BCUT2D eigenvalue weighted by Crippen LogP contribution is 2.29. The zero-order chi connectivity index (χ0) is 20.6. The molecule has 2 amide bonds. The first-order chi connectivity index (χ1) is 14.0. The summed E-state index contributed by atoms with van der Waals surface area (Å²) in [7, 11) is 0.